The predicted molar refractivity (Wildman–Crippen MR) is 57.0 cm³/mol. The monoisotopic (exact) mass is 194 g/mol. The number of fused-ring (bicyclic) bond motifs is 1. The van der Waals surface area contributed by atoms with Gasteiger partial charge < -0.3 is 4.42 Å². The molecule has 0 radical (unpaired) electrons. The van der Waals surface area contributed by atoms with E-state index in [-0.39, 0.29) is 5.82 Å². The van der Waals surface area contributed by atoms with Crippen molar-refractivity contribution in [3.63, 3.8) is 0 Å². The topological polar surface area (TPSA) is 13.1 Å². The molecule has 1 heterocycles. The fourth-order valence-electron chi connectivity index (χ4n) is 1.46. The Labute approximate surface area is 83.5 Å². The maximum absolute atomic E-state index is 13.0. The van der Waals surface area contributed by atoms with Crippen molar-refractivity contribution in [1.29, 1.82) is 0 Å². The Hall–Kier alpha value is -1.31. The molecule has 0 bridgehead atoms. The van der Waals surface area contributed by atoms with Crippen LogP contribution in [0.25, 0.3) is 11.0 Å². The summed E-state index contributed by atoms with van der Waals surface area (Å²) in [5, 5.41) is 0.576. The largest absolute Gasteiger partial charge is 0.461 e. The normalized spacial score (nSPS) is 9.79. The molecular formula is C12H15FO. The number of benzene rings is 1. The molecule has 1 aromatic carbocycles. The molecule has 0 aliphatic carbocycles. The van der Waals surface area contributed by atoms with Crippen LogP contribution in [0.1, 0.15) is 25.0 Å². The fourth-order valence-corrected chi connectivity index (χ4v) is 1.46. The second-order valence-corrected chi connectivity index (χ2v) is 3.04. The summed E-state index contributed by atoms with van der Waals surface area (Å²) in [6.45, 7) is 7.86. The Balaban J connectivity index is 0.000000461. The average molecular weight is 194 g/mol. The molecule has 0 saturated heterocycles. The molecule has 2 aromatic rings. The van der Waals surface area contributed by atoms with Crippen molar-refractivity contribution in [2.75, 3.05) is 0 Å². The molecule has 2 heteroatoms. The van der Waals surface area contributed by atoms with Crippen LogP contribution in [0.5, 0.6) is 0 Å². The lowest BCUT2D eigenvalue weighted by atomic mass is 10.1. The molecule has 0 amide bonds. The van der Waals surface area contributed by atoms with Gasteiger partial charge in [0, 0.05) is 0 Å². The molecule has 0 saturated carbocycles. The van der Waals surface area contributed by atoms with E-state index in [0.717, 1.165) is 17.4 Å². The van der Waals surface area contributed by atoms with Crippen molar-refractivity contribution in [3.8, 4) is 0 Å². The van der Waals surface area contributed by atoms with Crippen LogP contribution in [0.15, 0.2) is 22.8 Å². The minimum Gasteiger partial charge on any atom is -0.461 e. The zero-order chi connectivity index (χ0) is 10.7. The first-order valence-corrected chi connectivity index (χ1v) is 4.82. The Morgan fingerprint density at radius 2 is 1.79 bits per heavy atom. The van der Waals surface area contributed by atoms with Crippen LogP contribution in [0, 0.1) is 19.7 Å². The van der Waals surface area contributed by atoms with Crippen LogP contribution in [0.3, 0.4) is 0 Å². The molecule has 14 heavy (non-hydrogen) atoms. The van der Waals surface area contributed by atoms with E-state index in [9.17, 15) is 4.39 Å². The first kappa shape index (κ1) is 10.8. The first-order valence-electron chi connectivity index (χ1n) is 4.82. The van der Waals surface area contributed by atoms with E-state index >= 15 is 0 Å². The summed E-state index contributed by atoms with van der Waals surface area (Å²) >= 11 is 0. The van der Waals surface area contributed by atoms with Gasteiger partial charge >= 0.3 is 0 Å². The molecule has 76 valence electrons. The smallest absolute Gasteiger partial charge is 0.169 e. The van der Waals surface area contributed by atoms with Gasteiger partial charge in [0.2, 0.25) is 0 Å². The lowest BCUT2D eigenvalue weighted by molar-refractivity contribution is 0.557. The van der Waals surface area contributed by atoms with E-state index in [1.807, 2.05) is 33.8 Å². The number of halogens is 1. The van der Waals surface area contributed by atoms with Crippen molar-refractivity contribution in [1.82, 2.24) is 0 Å². The van der Waals surface area contributed by atoms with E-state index in [0.29, 0.717) is 11.0 Å². The van der Waals surface area contributed by atoms with E-state index < -0.39 is 0 Å². The van der Waals surface area contributed by atoms with E-state index in [4.69, 9.17) is 4.42 Å². The number of rotatable bonds is 0. The third-order valence-corrected chi connectivity index (χ3v) is 1.96. The van der Waals surface area contributed by atoms with Crippen LogP contribution in [-0.2, 0) is 0 Å². The highest BCUT2D eigenvalue weighted by Crippen LogP contribution is 2.24. The minimum absolute atomic E-state index is 0.281. The standard InChI is InChI=1S/C10H9FO.C2H6/c1-6-3-7(2)10-8(4-6)9(11)5-12-10;1-2/h3-5H,1-2H3;1-2H3. The highest BCUT2D eigenvalue weighted by Gasteiger charge is 2.07. The Kier molecular flexibility index (Phi) is 3.28. The maximum atomic E-state index is 13.0. The van der Waals surface area contributed by atoms with E-state index in [1.165, 1.54) is 0 Å². The van der Waals surface area contributed by atoms with Crippen LogP contribution >= 0.6 is 0 Å². The molecule has 0 unspecified atom stereocenters. The molecule has 0 N–H and O–H groups in total. The van der Waals surface area contributed by atoms with Crippen molar-refractivity contribution in [2.45, 2.75) is 27.7 Å². The van der Waals surface area contributed by atoms with Gasteiger partial charge in [-0.1, -0.05) is 19.9 Å². The second kappa shape index (κ2) is 4.27. The molecule has 0 aliphatic heterocycles. The Morgan fingerprint density at radius 1 is 1.14 bits per heavy atom. The zero-order valence-electron chi connectivity index (χ0n) is 9.02. The van der Waals surface area contributed by atoms with Crippen LogP contribution in [-0.4, -0.2) is 0 Å². The number of aryl methyl sites for hydroxylation is 2. The molecule has 0 aliphatic rings. The summed E-state index contributed by atoms with van der Waals surface area (Å²) in [4.78, 5) is 0. The van der Waals surface area contributed by atoms with Gasteiger partial charge in [-0.2, -0.15) is 0 Å². The fraction of sp³-hybridized carbons (Fsp3) is 0.333. The minimum atomic E-state index is -0.281. The molecular weight excluding hydrogens is 179 g/mol. The quantitative estimate of drug-likeness (QED) is 0.612. The van der Waals surface area contributed by atoms with Crippen LogP contribution in [0.2, 0.25) is 0 Å². The maximum Gasteiger partial charge on any atom is 0.169 e. The lowest BCUT2D eigenvalue weighted by Gasteiger charge is -1.96. The number of hydrogen-bond acceptors (Lipinski definition) is 1. The Bertz CT molecular complexity index is 429. The van der Waals surface area contributed by atoms with Gasteiger partial charge in [0.05, 0.1) is 5.39 Å². The van der Waals surface area contributed by atoms with E-state index in [1.54, 1.807) is 6.07 Å². The third kappa shape index (κ3) is 1.79. The Morgan fingerprint density at radius 3 is 2.43 bits per heavy atom. The van der Waals surface area contributed by atoms with Gasteiger partial charge in [-0.3, -0.25) is 0 Å². The summed E-state index contributed by atoms with van der Waals surface area (Å²) in [7, 11) is 0. The van der Waals surface area contributed by atoms with Gasteiger partial charge in [-0.25, -0.2) is 4.39 Å². The molecule has 1 aromatic heterocycles. The SMILES string of the molecule is CC.Cc1cc(C)c2occ(F)c2c1. The van der Waals surface area contributed by atoms with Crippen molar-refractivity contribution < 1.29 is 8.81 Å². The molecule has 0 fully saturated rings. The third-order valence-electron chi connectivity index (χ3n) is 1.96. The first-order chi connectivity index (χ1) is 6.68. The molecule has 0 spiro atoms. The average Bonchev–Trinajstić information content (AvgIpc) is 2.52. The van der Waals surface area contributed by atoms with Gasteiger partial charge in [0.1, 0.15) is 11.8 Å². The number of hydrogen-bond donors (Lipinski definition) is 0. The highest BCUT2D eigenvalue weighted by molar-refractivity contribution is 5.81. The molecule has 1 nitrogen and oxygen atoms in total. The lowest BCUT2D eigenvalue weighted by Crippen LogP contribution is -1.78. The predicted octanol–water partition coefficient (Wildman–Crippen LogP) is 4.21. The van der Waals surface area contributed by atoms with Gasteiger partial charge in [-0.05, 0) is 31.0 Å². The van der Waals surface area contributed by atoms with Crippen LogP contribution < -0.4 is 0 Å². The summed E-state index contributed by atoms with van der Waals surface area (Å²) in [5.74, 6) is -0.281. The summed E-state index contributed by atoms with van der Waals surface area (Å²) in [6, 6.07) is 3.77. The van der Waals surface area contributed by atoms with Gasteiger partial charge in [0.15, 0.2) is 5.82 Å². The van der Waals surface area contributed by atoms with Crippen molar-refractivity contribution >= 4 is 11.0 Å². The van der Waals surface area contributed by atoms with Gasteiger partial charge in [0.25, 0.3) is 0 Å². The summed E-state index contributed by atoms with van der Waals surface area (Å²) in [6.07, 6.45) is 1.15. The van der Waals surface area contributed by atoms with Crippen LogP contribution in [0.4, 0.5) is 4.39 Å². The second-order valence-electron chi connectivity index (χ2n) is 3.04. The zero-order valence-corrected chi connectivity index (χ0v) is 9.02. The highest BCUT2D eigenvalue weighted by atomic mass is 19.1. The molecule has 0 atom stereocenters. The summed E-state index contributed by atoms with van der Waals surface area (Å²) < 4.78 is 18.1. The van der Waals surface area contributed by atoms with Gasteiger partial charge in [-0.15, -0.1) is 0 Å². The van der Waals surface area contributed by atoms with Crippen molar-refractivity contribution in [3.05, 3.63) is 35.3 Å². The van der Waals surface area contributed by atoms with E-state index in [2.05, 4.69) is 0 Å². The number of furan rings is 1. The summed E-state index contributed by atoms with van der Waals surface area (Å²) in [5.41, 5.74) is 2.69. The van der Waals surface area contributed by atoms with Crippen molar-refractivity contribution in [2.24, 2.45) is 0 Å². The molecule has 2 rings (SSSR count).